The quantitative estimate of drug-likeness (QED) is 0.841. The molecule has 0 saturated carbocycles. The van der Waals surface area contributed by atoms with E-state index in [1.54, 1.807) is 18.2 Å². The summed E-state index contributed by atoms with van der Waals surface area (Å²) in [6.07, 6.45) is 0.470. The molecule has 1 aliphatic heterocycles. The van der Waals surface area contributed by atoms with Crippen LogP contribution in [0.4, 0.5) is 4.39 Å². The van der Waals surface area contributed by atoms with Crippen LogP contribution in [0, 0.1) is 5.82 Å². The molecule has 92 valence electrons. The Labute approximate surface area is 103 Å². The minimum absolute atomic E-state index is 0.0966. The number of halogens is 1. The number of benzene rings is 1. The summed E-state index contributed by atoms with van der Waals surface area (Å²) in [5, 5.41) is 8.77. The van der Waals surface area contributed by atoms with E-state index in [4.69, 9.17) is 9.84 Å². The average Bonchev–Trinajstić information content (AvgIpc) is 2.77. The first-order valence-electron chi connectivity index (χ1n) is 5.42. The van der Waals surface area contributed by atoms with E-state index in [1.807, 2.05) is 0 Å². The lowest BCUT2D eigenvalue weighted by Crippen LogP contribution is -2.21. The molecule has 2 rings (SSSR count). The Bertz CT molecular complexity index is 410. The summed E-state index contributed by atoms with van der Waals surface area (Å²) >= 11 is 1.37. The maximum atomic E-state index is 13.3. The predicted molar refractivity (Wildman–Crippen MR) is 62.7 cm³/mol. The molecule has 1 aliphatic rings. The standard InChI is InChI=1S/C12H13FO3S/c13-9-3-1-2-4-11(9)17-7-8-5-6-10(16-8)12(14)15/h1-4,8,10H,5-7H2,(H,14,15). The summed E-state index contributed by atoms with van der Waals surface area (Å²) in [6.45, 7) is 0. The second-order valence-corrected chi connectivity index (χ2v) is 4.97. The molecule has 0 spiro atoms. The van der Waals surface area contributed by atoms with Crippen LogP contribution in [-0.4, -0.2) is 29.0 Å². The normalized spacial score (nSPS) is 23.8. The number of thioether (sulfide) groups is 1. The molecule has 1 heterocycles. The molecule has 1 aromatic carbocycles. The first-order chi connectivity index (χ1) is 8.16. The van der Waals surface area contributed by atoms with Crippen molar-refractivity contribution < 1.29 is 19.0 Å². The Morgan fingerprint density at radius 3 is 2.88 bits per heavy atom. The molecule has 0 amide bonds. The third-order valence-corrected chi connectivity index (χ3v) is 3.82. The van der Waals surface area contributed by atoms with Gasteiger partial charge in [0, 0.05) is 10.6 Å². The van der Waals surface area contributed by atoms with E-state index in [-0.39, 0.29) is 11.9 Å². The molecule has 1 aromatic rings. The smallest absolute Gasteiger partial charge is 0.332 e. The monoisotopic (exact) mass is 256 g/mol. The lowest BCUT2D eigenvalue weighted by atomic mass is 10.2. The van der Waals surface area contributed by atoms with Gasteiger partial charge in [0.1, 0.15) is 5.82 Å². The van der Waals surface area contributed by atoms with Crippen LogP contribution < -0.4 is 0 Å². The molecule has 3 nitrogen and oxygen atoms in total. The SMILES string of the molecule is O=C(O)C1CCC(CSc2ccccc2F)O1. The highest BCUT2D eigenvalue weighted by molar-refractivity contribution is 7.99. The molecule has 0 aromatic heterocycles. The van der Waals surface area contributed by atoms with Crippen molar-refractivity contribution in [2.45, 2.75) is 29.9 Å². The van der Waals surface area contributed by atoms with Gasteiger partial charge < -0.3 is 9.84 Å². The third kappa shape index (κ3) is 3.20. The van der Waals surface area contributed by atoms with Crippen LogP contribution in [0.1, 0.15) is 12.8 Å². The fourth-order valence-electron chi connectivity index (χ4n) is 1.75. The van der Waals surface area contributed by atoms with Gasteiger partial charge in [0.05, 0.1) is 6.10 Å². The summed E-state index contributed by atoms with van der Waals surface area (Å²) in [5.41, 5.74) is 0. The Morgan fingerprint density at radius 1 is 1.47 bits per heavy atom. The number of carboxylic acid groups (broad SMARTS) is 1. The molecule has 5 heteroatoms. The van der Waals surface area contributed by atoms with E-state index in [0.29, 0.717) is 17.1 Å². The van der Waals surface area contributed by atoms with Crippen LogP contribution in [0.2, 0.25) is 0 Å². The van der Waals surface area contributed by atoms with E-state index < -0.39 is 12.1 Å². The van der Waals surface area contributed by atoms with E-state index in [2.05, 4.69) is 0 Å². The molecule has 0 bridgehead atoms. The van der Waals surface area contributed by atoms with Crippen molar-refractivity contribution in [1.29, 1.82) is 0 Å². The van der Waals surface area contributed by atoms with Crippen LogP contribution >= 0.6 is 11.8 Å². The van der Waals surface area contributed by atoms with Crippen molar-refractivity contribution in [3.05, 3.63) is 30.1 Å². The third-order valence-electron chi connectivity index (χ3n) is 2.64. The van der Waals surface area contributed by atoms with Crippen molar-refractivity contribution in [3.8, 4) is 0 Å². The molecule has 17 heavy (non-hydrogen) atoms. The van der Waals surface area contributed by atoms with E-state index in [0.717, 1.165) is 6.42 Å². The van der Waals surface area contributed by atoms with Gasteiger partial charge in [0.25, 0.3) is 0 Å². The molecule has 2 unspecified atom stereocenters. The van der Waals surface area contributed by atoms with Crippen LogP contribution in [-0.2, 0) is 9.53 Å². The van der Waals surface area contributed by atoms with Gasteiger partial charge in [-0.3, -0.25) is 0 Å². The predicted octanol–water partition coefficient (Wildman–Crippen LogP) is 2.55. The minimum Gasteiger partial charge on any atom is -0.479 e. The Morgan fingerprint density at radius 2 is 2.24 bits per heavy atom. The van der Waals surface area contributed by atoms with Gasteiger partial charge in [-0.15, -0.1) is 11.8 Å². The zero-order valence-electron chi connectivity index (χ0n) is 9.14. The molecule has 0 radical (unpaired) electrons. The van der Waals surface area contributed by atoms with Crippen molar-refractivity contribution in [1.82, 2.24) is 0 Å². The first kappa shape index (κ1) is 12.4. The van der Waals surface area contributed by atoms with Crippen molar-refractivity contribution in [2.75, 3.05) is 5.75 Å². The first-order valence-corrected chi connectivity index (χ1v) is 6.41. The van der Waals surface area contributed by atoms with E-state index in [1.165, 1.54) is 17.8 Å². The van der Waals surface area contributed by atoms with Gasteiger partial charge in [0.15, 0.2) is 6.10 Å². The van der Waals surface area contributed by atoms with E-state index >= 15 is 0 Å². The summed E-state index contributed by atoms with van der Waals surface area (Å²) in [6, 6.07) is 6.55. The molecular formula is C12H13FO3S. The highest BCUT2D eigenvalue weighted by atomic mass is 32.2. The molecule has 1 fully saturated rings. The fourth-order valence-corrected chi connectivity index (χ4v) is 2.75. The van der Waals surface area contributed by atoms with Gasteiger partial charge in [-0.25, -0.2) is 9.18 Å². The maximum Gasteiger partial charge on any atom is 0.332 e. The lowest BCUT2D eigenvalue weighted by molar-refractivity contribution is -0.148. The molecule has 0 aliphatic carbocycles. The molecule has 2 atom stereocenters. The van der Waals surface area contributed by atoms with Crippen LogP contribution in [0.15, 0.2) is 29.2 Å². The zero-order valence-corrected chi connectivity index (χ0v) is 9.95. The van der Waals surface area contributed by atoms with Crippen LogP contribution in [0.25, 0.3) is 0 Å². The van der Waals surface area contributed by atoms with Gasteiger partial charge in [0.2, 0.25) is 0 Å². The number of carboxylic acids is 1. The number of ether oxygens (including phenoxy) is 1. The summed E-state index contributed by atoms with van der Waals surface area (Å²) in [4.78, 5) is 11.3. The van der Waals surface area contributed by atoms with Gasteiger partial charge in [-0.05, 0) is 25.0 Å². The summed E-state index contributed by atoms with van der Waals surface area (Å²) in [5.74, 6) is -0.571. The lowest BCUT2D eigenvalue weighted by Gasteiger charge is -2.10. The van der Waals surface area contributed by atoms with E-state index in [9.17, 15) is 9.18 Å². The highest BCUT2D eigenvalue weighted by Crippen LogP contribution is 2.28. The minimum atomic E-state index is -0.914. The Balaban J connectivity index is 1.84. The van der Waals surface area contributed by atoms with Gasteiger partial charge >= 0.3 is 5.97 Å². The molecular weight excluding hydrogens is 243 g/mol. The molecule has 1 N–H and O–H groups in total. The second-order valence-electron chi connectivity index (χ2n) is 3.90. The fraction of sp³-hybridized carbons (Fsp3) is 0.417. The Hall–Kier alpha value is -1.07. The maximum absolute atomic E-state index is 13.3. The van der Waals surface area contributed by atoms with Gasteiger partial charge in [-0.2, -0.15) is 0 Å². The highest BCUT2D eigenvalue weighted by Gasteiger charge is 2.30. The Kier molecular flexibility index (Phi) is 4.02. The average molecular weight is 256 g/mol. The summed E-state index contributed by atoms with van der Waals surface area (Å²) in [7, 11) is 0. The largest absolute Gasteiger partial charge is 0.479 e. The number of rotatable bonds is 4. The topological polar surface area (TPSA) is 46.5 Å². The number of hydrogen-bond donors (Lipinski definition) is 1. The van der Waals surface area contributed by atoms with Crippen molar-refractivity contribution in [2.24, 2.45) is 0 Å². The van der Waals surface area contributed by atoms with Crippen molar-refractivity contribution >= 4 is 17.7 Å². The van der Waals surface area contributed by atoms with Crippen molar-refractivity contribution in [3.63, 3.8) is 0 Å². The molecule has 1 saturated heterocycles. The van der Waals surface area contributed by atoms with Crippen LogP contribution in [0.5, 0.6) is 0 Å². The number of carbonyl (C=O) groups is 1. The second kappa shape index (κ2) is 5.51. The number of hydrogen-bond acceptors (Lipinski definition) is 3. The zero-order chi connectivity index (χ0) is 12.3. The summed E-state index contributed by atoms with van der Waals surface area (Å²) < 4.78 is 18.7. The number of aliphatic carboxylic acids is 1. The van der Waals surface area contributed by atoms with Gasteiger partial charge in [-0.1, -0.05) is 12.1 Å². The van der Waals surface area contributed by atoms with Crippen LogP contribution in [0.3, 0.4) is 0 Å².